The van der Waals surface area contributed by atoms with Crippen molar-refractivity contribution in [3.63, 3.8) is 0 Å². The maximum atomic E-state index is 6.03. The number of likely N-dealkylation sites (N-methyl/N-ethyl adjacent to an activating group) is 1. The summed E-state index contributed by atoms with van der Waals surface area (Å²) in [5, 5.41) is 4.29. The van der Waals surface area contributed by atoms with Crippen LogP contribution in [0.3, 0.4) is 0 Å². The van der Waals surface area contributed by atoms with E-state index < -0.39 is 0 Å². The molecule has 1 aromatic rings. The van der Waals surface area contributed by atoms with Gasteiger partial charge in [0.15, 0.2) is 0 Å². The standard InChI is InChI=1S/C13H19ClN2/c1-16(2)13(6-7-15-10-13)9-11-4-3-5-12(14)8-11/h3-5,8,15H,6-7,9-10H2,1-2H3. The van der Waals surface area contributed by atoms with Crippen LogP contribution in [-0.4, -0.2) is 37.6 Å². The monoisotopic (exact) mass is 238 g/mol. The second-order valence-electron chi connectivity index (χ2n) is 4.85. The van der Waals surface area contributed by atoms with Gasteiger partial charge in [-0.3, -0.25) is 0 Å². The lowest BCUT2D eigenvalue weighted by molar-refractivity contribution is 0.172. The molecule has 1 saturated heterocycles. The highest BCUT2D eigenvalue weighted by Crippen LogP contribution is 2.26. The molecule has 88 valence electrons. The van der Waals surface area contributed by atoms with E-state index in [0.717, 1.165) is 24.5 Å². The molecule has 1 aliphatic heterocycles. The molecule has 2 rings (SSSR count). The number of nitrogens with one attached hydrogen (secondary N) is 1. The number of rotatable bonds is 3. The van der Waals surface area contributed by atoms with E-state index in [9.17, 15) is 0 Å². The second kappa shape index (κ2) is 4.74. The first-order chi connectivity index (χ1) is 7.62. The van der Waals surface area contributed by atoms with Gasteiger partial charge < -0.3 is 10.2 Å². The van der Waals surface area contributed by atoms with E-state index in [0.29, 0.717) is 0 Å². The van der Waals surface area contributed by atoms with Crippen molar-refractivity contribution in [2.45, 2.75) is 18.4 Å². The van der Waals surface area contributed by atoms with E-state index in [1.807, 2.05) is 12.1 Å². The fourth-order valence-corrected chi connectivity index (χ4v) is 2.66. The number of hydrogen-bond acceptors (Lipinski definition) is 2. The zero-order chi connectivity index (χ0) is 11.6. The summed E-state index contributed by atoms with van der Waals surface area (Å²) in [5.74, 6) is 0. The third-order valence-corrected chi connectivity index (χ3v) is 3.83. The third-order valence-electron chi connectivity index (χ3n) is 3.59. The fraction of sp³-hybridized carbons (Fsp3) is 0.538. The summed E-state index contributed by atoms with van der Waals surface area (Å²) in [4.78, 5) is 2.34. The predicted octanol–water partition coefficient (Wildman–Crippen LogP) is 2.18. The topological polar surface area (TPSA) is 15.3 Å². The quantitative estimate of drug-likeness (QED) is 0.869. The van der Waals surface area contributed by atoms with Gasteiger partial charge in [0.1, 0.15) is 0 Å². The molecule has 1 unspecified atom stereocenters. The largest absolute Gasteiger partial charge is 0.315 e. The van der Waals surface area contributed by atoms with Crippen LogP contribution >= 0.6 is 11.6 Å². The van der Waals surface area contributed by atoms with E-state index >= 15 is 0 Å². The first-order valence-corrected chi connectivity index (χ1v) is 6.13. The molecule has 1 N–H and O–H groups in total. The summed E-state index contributed by atoms with van der Waals surface area (Å²) in [6, 6.07) is 8.20. The third kappa shape index (κ3) is 2.40. The highest BCUT2D eigenvalue weighted by Gasteiger charge is 2.35. The van der Waals surface area contributed by atoms with Crippen LogP contribution in [0.5, 0.6) is 0 Å². The number of nitrogens with zero attached hydrogens (tertiary/aromatic N) is 1. The Labute approximate surface area is 103 Å². The van der Waals surface area contributed by atoms with Gasteiger partial charge in [-0.25, -0.2) is 0 Å². The van der Waals surface area contributed by atoms with Crippen LogP contribution in [0, 0.1) is 0 Å². The molecule has 2 nitrogen and oxygen atoms in total. The fourth-order valence-electron chi connectivity index (χ4n) is 2.45. The Kier molecular flexibility index (Phi) is 3.53. The summed E-state index contributed by atoms with van der Waals surface area (Å²) in [7, 11) is 4.33. The van der Waals surface area contributed by atoms with Crippen LogP contribution in [0.25, 0.3) is 0 Å². The van der Waals surface area contributed by atoms with Gasteiger partial charge in [-0.15, -0.1) is 0 Å². The Morgan fingerprint density at radius 1 is 1.44 bits per heavy atom. The van der Waals surface area contributed by atoms with Crippen molar-refractivity contribution in [3.05, 3.63) is 34.9 Å². The minimum absolute atomic E-state index is 0.255. The van der Waals surface area contributed by atoms with Gasteiger partial charge in [-0.2, -0.15) is 0 Å². The van der Waals surface area contributed by atoms with Crippen molar-refractivity contribution in [3.8, 4) is 0 Å². The van der Waals surface area contributed by atoms with E-state index in [4.69, 9.17) is 11.6 Å². The van der Waals surface area contributed by atoms with E-state index in [2.05, 4.69) is 36.4 Å². The summed E-state index contributed by atoms with van der Waals surface area (Å²) in [5.41, 5.74) is 1.58. The molecule has 0 saturated carbocycles. The van der Waals surface area contributed by atoms with Gasteiger partial charge in [-0.05, 0) is 51.2 Å². The minimum Gasteiger partial charge on any atom is -0.315 e. The molecule has 1 atom stereocenters. The van der Waals surface area contributed by atoms with Crippen LogP contribution in [0.1, 0.15) is 12.0 Å². The molecule has 1 heterocycles. The zero-order valence-electron chi connectivity index (χ0n) is 9.96. The van der Waals surface area contributed by atoms with Gasteiger partial charge in [0.25, 0.3) is 0 Å². The molecule has 3 heteroatoms. The summed E-state index contributed by atoms with van der Waals surface area (Å²) >= 11 is 6.03. The normalized spacial score (nSPS) is 25.2. The maximum Gasteiger partial charge on any atom is 0.0408 e. The average molecular weight is 239 g/mol. The summed E-state index contributed by atoms with van der Waals surface area (Å²) in [6.07, 6.45) is 2.26. The number of benzene rings is 1. The molecule has 1 fully saturated rings. The number of halogens is 1. The van der Waals surface area contributed by atoms with Crippen LogP contribution in [0.15, 0.2) is 24.3 Å². The van der Waals surface area contributed by atoms with Gasteiger partial charge in [0.2, 0.25) is 0 Å². The highest BCUT2D eigenvalue weighted by atomic mass is 35.5. The zero-order valence-corrected chi connectivity index (χ0v) is 10.7. The summed E-state index contributed by atoms with van der Waals surface area (Å²) < 4.78 is 0. The molecule has 0 aromatic heterocycles. The second-order valence-corrected chi connectivity index (χ2v) is 5.29. The van der Waals surface area contributed by atoms with Crippen LogP contribution in [0.2, 0.25) is 5.02 Å². The molecule has 0 spiro atoms. The molecule has 0 radical (unpaired) electrons. The van der Waals surface area contributed by atoms with Gasteiger partial charge in [0, 0.05) is 17.1 Å². The van der Waals surface area contributed by atoms with E-state index in [-0.39, 0.29) is 5.54 Å². The van der Waals surface area contributed by atoms with Crippen molar-refractivity contribution in [2.24, 2.45) is 0 Å². The average Bonchev–Trinajstić information content (AvgIpc) is 2.67. The van der Waals surface area contributed by atoms with Crippen LogP contribution in [-0.2, 0) is 6.42 Å². The van der Waals surface area contributed by atoms with Crippen molar-refractivity contribution in [1.29, 1.82) is 0 Å². The SMILES string of the molecule is CN(C)C1(Cc2cccc(Cl)c2)CCNC1. The lowest BCUT2D eigenvalue weighted by Crippen LogP contribution is -2.47. The van der Waals surface area contributed by atoms with Crippen molar-refractivity contribution < 1.29 is 0 Å². The first kappa shape index (κ1) is 11.9. The highest BCUT2D eigenvalue weighted by molar-refractivity contribution is 6.30. The predicted molar refractivity (Wildman–Crippen MR) is 69.1 cm³/mol. The smallest absolute Gasteiger partial charge is 0.0408 e. The Morgan fingerprint density at radius 2 is 2.25 bits per heavy atom. The van der Waals surface area contributed by atoms with E-state index in [1.165, 1.54) is 12.0 Å². The Morgan fingerprint density at radius 3 is 2.81 bits per heavy atom. The molecular weight excluding hydrogens is 220 g/mol. The molecular formula is C13H19ClN2. The van der Waals surface area contributed by atoms with E-state index in [1.54, 1.807) is 0 Å². The molecule has 0 amide bonds. The van der Waals surface area contributed by atoms with Crippen molar-refractivity contribution >= 4 is 11.6 Å². The molecule has 16 heavy (non-hydrogen) atoms. The molecule has 1 aliphatic rings. The van der Waals surface area contributed by atoms with Crippen molar-refractivity contribution in [2.75, 3.05) is 27.2 Å². The van der Waals surface area contributed by atoms with Crippen molar-refractivity contribution in [1.82, 2.24) is 10.2 Å². The first-order valence-electron chi connectivity index (χ1n) is 5.75. The summed E-state index contributed by atoms with van der Waals surface area (Å²) in [6.45, 7) is 2.17. The molecule has 0 bridgehead atoms. The maximum absolute atomic E-state index is 6.03. The Hall–Kier alpha value is -0.570. The van der Waals surface area contributed by atoms with Crippen LogP contribution < -0.4 is 5.32 Å². The van der Waals surface area contributed by atoms with Crippen LogP contribution in [0.4, 0.5) is 0 Å². The lowest BCUT2D eigenvalue weighted by Gasteiger charge is -2.36. The Balaban J connectivity index is 2.18. The lowest BCUT2D eigenvalue weighted by atomic mass is 9.89. The van der Waals surface area contributed by atoms with Gasteiger partial charge in [-0.1, -0.05) is 23.7 Å². The van der Waals surface area contributed by atoms with Gasteiger partial charge in [0.05, 0.1) is 0 Å². The van der Waals surface area contributed by atoms with Gasteiger partial charge >= 0.3 is 0 Å². The molecule has 1 aromatic carbocycles. The molecule has 0 aliphatic carbocycles. The Bertz CT molecular complexity index is 357. The number of hydrogen-bond donors (Lipinski definition) is 1. The minimum atomic E-state index is 0.255.